The van der Waals surface area contributed by atoms with Crippen molar-refractivity contribution in [2.75, 3.05) is 13.7 Å². The SMILES string of the molecule is CNCc1cncn1CCCOc1ccccc1. The Morgan fingerprint density at radius 3 is 2.89 bits per heavy atom. The van der Waals surface area contributed by atoms with E-state index in [0.29, 0.717) is 0 Å². The van der Waals surface area contributed by atoms with Gasteiger partial charge < -0.3 is 14.6 Å². The van der Waals surface area contributed by atoms with Crippen molar-refractivity contribution in [3.05, 3.63) is 48.5 Å². The van der Waals surface area contributed by atoms with Crippen LogP contribution < -0.4 is 10.1 Å². The average molecular weight is 245 g/mol. The van der Waals surface area contributed by atoms with Crippen LogP contribution in [0.15, 0.2) is 42.9 Å². The van der Waals surface area contributed by atoms with Gasteiger partial charge >= 0.3 is 0 Å². The maximum Gasteiger partial charge on any atom is 0.119 e. The third-order valence-electron chi connectivity index (χ3n) is 2.71. The molecule has 0 amide bonds. The predicted molar refractivity (Wildman–Crippen MR) is 71.5 cm³/mol. The summed E-state index contributed by atoms with van der Waals surface area (Å²) in [7, 11) is 1.94. The van der Waals surface area contributed by atoms with E-state index in [9.17, 15) is 0 Å². The lowest BCUT2D eigenvalue weighted by molar-refractivity contribution is 0.301. The molecule has 0 aliphatic carbocycles. The van der Waals surface area contributed by atoms with Crippen LogP contribution in [0.25, 0.3) is 0 Å². The Morgan fingerprint density at radius 2 is 2.11 bits per heavy atom. The average Bonchev–Trinajstić information content (AvgIpc) is 2.84. The number of hydrogen-bond donors (Lipinski definition) is 1. The van der Waals surface area contributed by atoms with Crippen LogP contribution in [0.5, 0.6) is 5.75 Å². The summed E-state index contributed by atoms with van der Waals surface area (Å²) in [4.78, 5) is 4.16. The van der Waals surface area contributed by atoms with Crippen molar-refractivity contribution < 1.29 is 4.74 Å². The Labute approximate surface area is 108 Å². The Morgan fingerprint density at radius 1 is 1.28 bits per heavy atom. The van der Waals surface area contributed by atoms with E-state index in [4.69, 9.17) is 4.74 Å². The molecule has 0 radical (unpaired) electrons. The van der Waals surface area contributed by atoms with E-state index in [1.807, 2.05) is 49.9 Å². The highest BCUT2D eigenvalue weighted by Crippen LogP contribution is 2.09. The van der Waals surface area contributed by atoms with Gasteiger partial charge in [0.25, 0.3) is 0 Å². The second kappa shape index (κ2) is 6.81. The van der Waals surface area contributed by atoms with E-state index in [1.165, 1.54) is 5.69 Å². The molecule has 96 valence electrons. The molecule has 0 aliphatic heterocycles. The van der Waals surface area contributed by atoms with Crippen LogP contribution in [-0.2, 0) is 13.1 Å². The number of aromatic nitrogens is 2. The maximum absolute atomic E-state index is 5.65. The molecule has 1 aromatic heterocycles. The number of nitrogens with zero attached hydrogens (tertiary/aromatic N) is 2. The Hall–Kier alpha value is -1.81. The number of ether oxygens (including phenoxy) is 1. The van der Waals surface area contributed by atoms with Gasteiger partial charge in [-0.1, -0.05) is 18.2 Å². The summed E-state index contributed by atoms with van der Waals surface area (Å²) in [6, 6.07) is 9.90. The Kier molecular flexibility index (Phi) is 4.78. The first-order chi connectivity index (χ1) is 8.90. The minimum Gasteiger partial charge on any atom is -0.494 e. The van der Waals surface area contributed by atoms with Crippen molar-refractivity contribution in [3.8, 4) is 5.75 Å². The molecule has 2 aromatic rings. The van der Waals surface area contributed by atoms with E-state index < -0.39 is 0 Å². The monoisotopic (exact) mass is 245 g/mol. The Balaban J connectivity index is 1.73. The number of imidazole rings is 1. The van der Waals surface area contributed by atoms with E-state index in [-0.39, 0.29) is 0 Å². The van der Waals surface area contributed by atoms with Crippen LogP contribution in [0, 0.1) is 0 Å². The molecule has 18 heavy (non-hydrogen) atoms. The van der Waals surface area contributed by atoms with Crippen molar-refractivity contribution in [2.24, 2.45) is 0 Å². The van der Waals surface area contributed by atoms with Crippen molar-refractivity contribution >= 4 is 0 Å². The van der Waals surface area contributed by atoms with Crippen LogP contribution >= 0.6 is 0 Å². The summed E-state index contributed by atoms with van der Waals surface area (Å²) in [6.45, 7) is 2.50. The van der Waals surface area contributed by atoms with Gasteiger partial charge in [-0.25, -0.2) is 4.98 Å². The van der Waals surface area contributed by atoms with Gasteiger partial charge in [0.05, 0.1) is 18.6 Å². The molecular formula is C14H19N3O. The van der Waals surface area contributed by atoms with Gasteiger partial charge in [0.1, 0.15) is 5.75 Å². The normalized spacial score (nSPS) is 10.5. The lowest BCUT2D eigenvalue weighted by atomic mass is 10.3. The highest BCUT2D eigenvalue weighted by Gasteiger charge is 2.00. The molecule has 0 bridgehead atoms. The van der Waals surface area contributed by atoms with Crippen LogP contribution in [0.4, 0.5) is 0 Å². The van der Waals surface area contributed by atoms with Gasteiger partial charge in [0, 0.05) is 19.3 Å². The molecular weight excluding hydrogens is 226 g/mol. The largest absolute Gasteiger partial charge is 0.494 e. The van der Waals surface area contributed by atoms with Crippen molar-refractivity contribution in [2.45, 2.75) is 19.5 Å². The molecule has 0 fully saturated rings. The molecule has 1 heterocycles. The molecule has 0 atom stereocenters. The molecule has 0 saturated carbocycles. The van der Waals surface area contributed by atoms with E-state index in [2.05, 4.69) is 14.9 Å². The number of hydrogen-bond acceptors (Lipinski definition) is 3. The van der Waals surface area contributed by atoms with E-state index in [1.54, 1.807) is 0 Å². The zero-order valence-corrected chi connectivity index (χ0v) is 10.7. The standard InChI is InChI=1S/C14H19N3O/c1-15-10-13-11-16-12-17(13)8-5-9-18-14-6-3-2-4-7-14/h2-4,6-7,11-12,15H,5,8-10H2,1H3. The minimum absolute atomic E-state index is 0.723. The second-order valence-electron chi connectivity index (χ2n) is 4.12. The topological polar surface area (TPSA) is 39.1 Å². The molecule has 4 heteroatoms. The highest BCUT2D eigenvalue weighted by atomic mass is 16.5. The summed E-state index contributed by atoms with van der Waals surface area (Å²) < 4.78 is 7.81. The molecule has 0 unspecified atom stereocenters. The minimum atomic E-state index is 0.723. The van der Waals surface area contributed by atoms with Gasteiger partial charge in [0.2, 0.25) is 0 Å². The van der Waals surface area contributed by atoms with Crippen LogP contribution in [-0.4, -0.2) is 23.2 Å². The van der Waals surface area contributed by atoms with E-state index in [0.717, 1.165) is 31.9 Å². The molecule has 4 nitrogen and oxygen atoms in total. The molecule has 1 aromatic carbocycles. The fraction of sp³-hybridized carbons (Fsp3) is 0.357. The fourth-order valence-electron chi connectivity index (χ4n) is 1.82. The Bertz CT molecular complexity index is 453. The second-order valence-corrected chi connectivity index (χ2v) is 4.12. The summed E-state index contributed by atoms with van der Waals surface area (Å²) in [5.41, 5.74) is 1.21. The first-order valence-electron chi connectivity index (χ1n) is 6.21. The summed E-state index contributed by atoms with van der Waals surface area (Å²) in [6.07, 6.45) is 4.74. The molecule has 0 spiro atoms. The lowest BCUT2D eigenvalue weighted by Crippen LogP contribution is -2.12. The first-order valence-corrected chi connectivity index (χ1v) is 6.21. The number of rotatable bonds is 7. The zero-order chi connectivity index (χ0) is 12.6. The number of benzene rings is 1. The lowest BCUT2D eigenvalue weighted by Gasteiger charge is -2.09. The van der Waals surface area contributed by atoms with Gasteiger partial charge in [-0.15, -0.1) is 0 Å². The maximum atomic E-state index is 5.65. The van der Waals surface area contributed by atoms with Crippen LogP contribution in [0.1, 0.15) is 12.1 Å². The highest BCUT2D eigenvalue weighted by molar-refractivity contribution is 5.20. The third-order valence-corrected chi connectivity index (χ3v) is 2.71. The smallest absolute Gasteiger partial charge is 0.119 e. The molecule has 1 N–H and O–H groups in total. The van der Waals surface area contributed by atoms with Crippen molar-refractivity contribution in [1.82, 2.24) is 14.9 Å². The summed E-state index contributed by atoms with van der Waals surface area (Å²) in [5, 5.41) is 3.13. The van der Waals surface area contributed by atoms with Gasteiger partial charge in [0.15, 0.2) is 0 Å². The molecule has 2 rings (SSSR count). The van der Waals surface area contributed by atoms with Crippen LogP contribution in [0.3, 0.4) is 0 Å². The first kappa shape index (κ1) is 12.6. The van der Waals surface area contributed by atoms with Crippen molar-refractivity contribution in [1.29, 1.82) is 0 Å². The number of aryl methyl sites for hydroxylation is 1. The van der Waals surface area contributed by atoms with Gasteiger partial charge in [-0.3, -0.25) is 0 Å². The number of para-hydroxylation sites is 1. The molecule has 0 saturated heterocycles. The van der Waals surface area contributed by atoms with Gasteiger partial charge in [-0.05, 0) is 25.6 Å². The quantitative estimate of drug-likeness (QED) is 0.759. The van der Waals surface area contributed by atoms with E-state index >= 15 is 0 Å². The predicted octanol–water partition coefficient (Wildman–Crippen LogP) is 2.07. The zero-order valence-electron chi connectivity index (χ0n) is 10.7. The summed E-state index contributed by atoms with van der Waals surface area (Å²) >= 11 is 0. The third kappa shape index (κ3) is 3.60. The van der Waals surface area contributed by atoms with Crippen molar-refractivity contribution in [3.63, 3.8) is 0 Å². The number of nitrogens with one attached hydrogen (secondary N) is 1. The molecule has 0 aliphatic rings. The van der Waals surface area contributed by atoms with Gasteiger partial charge in [-0.2, -0.15) is 0 Å². The van der Waals surface area contributed by atoms with Crippen LogP contribution in [0.2, 0.25) is 0 Å². The fourth-order valence-corrected chi connectivity index (χ4v) is 1.82. The summed E-state index contributed by atoms with van der Waals surface area (Å²) in [5.74, 6) is 0.929.